The second kappa shape index (κ2) is 27.2. The van der Waals surface area contributed by atoms with Crippen molar-refractivity contribution in [2.45, 2.75) is 125 Å². The molecule has 18 heteroatoms. The third-order valence-corrected chi connectivity index (χ3v) is 15.2. The molecule has 77 heavy (non-hydrogen) atoms. The Morgan fingerprint density at radius 3 is 2.23 bits per heavy atom. The molecule has 5 aromatic rings. The molecule has 7 rings (SSSR count). The van der Waals surface area contributed by atoms with Gasteiger partial charge in [0.25, 0.3) is 11.5 Å². The van der Waals surface area contributed by atoms with Gasteiger partial charge in [-0.05, 0) is 123 Å². The molecular weight excluding hydrogens is 999 g/mol. The summed E-state index contributed by atoms with van der Waals surface area (Å²) >= 11 is 1.57. The predicted molar refractivity (Wildman–Crippen MR) is 299 cm³/mol. The first kappa shape index (κ1) is 58.2. The fraction of sp³-hybridized carbons (Fsp3) is 0.492. The molecule has 4 heterocycles. The summed E-state index contributed by atoms with van der Waals surface area (Å²) in [5, 5.41) is 19.4. The number of benzene rings is 3. The van der Waals surface area contributed by atoms with Crippen LogP contribution in [0.3, 0.4) is 0 Å². The third-order valence-electron chi connectivity index (χ3n) is 14.2. The molecular formula is C59H77N7O10S. The van der Waals surface area contributed by atoms with E-state index in [-0.39, 0.29) is 62.7 Å². The minimum atomic E-state index is -0.964. The minimum absolute atomic E-state index is 0.0171. The topological polar surface area (TPSA) is 214 Å². The SMILES string of the molecule is CCN(c1cc(-c2ccc(OCCCOCCCOCC(=O)NC(C(=O)N3C[C@H](O)C[C@H]3C(=O)NCc3ccc(-c4scnc4C)cc3)C(C)(C)C)cc2)cc(C(=O)NCc2c(C)cc(C)[nH]c2=O)c1C)C1CCOCC1. The van der Waals surface area contributed by atoms with Crippen molar-refractivity contribution in [3.8, 4) is 27.3 Å². The number of aryl methyl sites for hydroxylation is 3. The van der Waals surface area contributed by atoms with E-state index < -0.39 is 35.4 Å². The van der Waals surface area contributed by atoms with Crippen LogP contribution in [-0.4, -0.2) is 127 Å². The van der Waals surface area contributed by atoms with Gasteiger partial charge in [0.15, 0.2) is 0 Å². The summed E-state index contributed by atoms with van der Waals surface area (Å²) < 4.78 is 23.2. The van der Waals surface area contributed by atoms with Gasteiger partial charge in [-0.25, -0.2) is 4.98 Å². The van der Waals surface area contributed by atoms with Crippen LogP contribution >= 0.6 is 11.3 Å². The first-order valence-electron chi connectivity index (χ1n) is 26.8. The van der Waals surface area contributed by atoms with Crippen LogP contribution in [0.2, 0.25) is 0 Å². The molecule has 1 unspecified atom stereocenters. The highest BCUT2D eigenvalue weighted by Gasteiger charge is 2.44. The lowest BCUT2D eigenvalue weighted by atomic mass is 9.85. The number of β-amino-alcohol motifs (C(OH)–C–C–N with tert-alkyl or cyclic N) is 1. The number of carbonyl (C=O) groups excluding carboxylic acids is 4. The van der Waals surface area contributed by atoms with Gasteiger partial charge >= 0.3 is 0 Å². The zero-order chi connectivity index (χ0) is 55.2. The Hall–Kier alpha value is -6.44. The summed E-state index contributed by atoms with van der Waals surface area (Å²) in [7, 11) is 0. The number of nitrogens with one attached hydrogen (secondary N) is 4. The highest BCUT2D eigenvalue weighted by Crippen LogP contribution is 2.35. The average Bonchev–Trinajstić information content (AvgIpc) is 4.03. The smallest absolute Gasteiger partial charge is 0.253 e. The van der Waals surface area contributed by atoms with Gasteiger partial charge in [0, 0.05) is 101 Å². The van der Waals surface area contributed by atoms with Crippen molar-refractivity contribution in [2.24, 2.45) is 5.41 Å². The third kappa shape index (κ3) is 15.6. The van der Waals surface area contributed by atoms with E-state index in [1.807, 2.05) is 115 Å². The highest BCUT2D eigenvalue weighted by molar-refractivity contribution is 7.13. The first-order valence-corrected chi connectivity index (χ1v) is 27.7. The van der Waals surface area contributed by atoms with E-state index in [4.69, 9.17) is 18.9 Å². The van der Waals surface area contributed by atoms with Crippen LogP contribution in [-0.2, 0) is 41.7 Å². The van der Waals surface area contributed by atoms with Crippen molar-refractivity contribution in [3.63, 3.8) is 0 Å². The van der Waals surface area contributed by atoms with E-state index in [1.54, 1.807) is 11.3 Å². The second-order valence-electron chi connectivity index (χ2n) is 21.1. The summed E-state index contributed by atoms with van der Waals surface area (Å²) in [4.78, 5) is 79.3. The standard InChI is InChI=1S/C59H77N7O10S/c1-9-65(45-20-26-74-27-21-45)50-30-44(29-48(39(50)4)55(69)61-33-49-37(2)28-38(3)63-56(49)70)42-16-18-47(19-17-42)76-25-11-23-73-22-10-24-75-35-52(68)64-54(59(6,7)8)58(72)66-34-46(67)31-51(66)57(71)60-32-41-12-14-43(15-13-41)53-40(5)62-36-77-53/h12-19,28-30,36,45-46,51,54,67H,9-11,20-27,31-35H2,1-8H3,(H,60,71)(H,61,69)(H,63,70)(H,64,68)/t46-,51+,54?/m1/s1. The maximum absolute atomic E-state index is 14.0. The molecule has 0 bridgehead atoms. The molecule has 3 aromatic carbocycles. The number of hydrogen-bond acceptors (Lipinski definition) is 13. The number of anilines is 1. The quantitative estimate of drug-likeness (QED) is 0.0384. The Morgan fingerprint density at radius 1 is 0.883 bits per heavy atom. The number of thiazole rings is 1. The molecule has 3 atom stereocenters. The molecule has 2 saturated heterocycles. The number of pyridine rings is 1. The fourth-order valence-corrected chi connectivity index (χ4v) is 10.8. The summed E-state index contributed by atoms with van der Waals surface area (Å²) in [6, 6.07) is 20.1. The van der Waals surface area contributed by atoms with E-state index in [0.29, 0.717) is 62.8 Å². The lowest BCUT2D eigenvalue weighted by Crippen LogP contribution is -2.58. The Bertz CT molecular complexity index is 2860. The van der Waals surface area contributed by atoms with Crippen molar-refractivity contribution >= 4 is 40.7 Å². The van der Waals surface area contributed by atoms with Crippen LogP contribution in [0.15, 0.2) is 77.0 Å². The molecule has 5 N–H and O–H groups in total. The molecule has 414 valence electrons. The van der Waals surface area contributed by atoms with E-state index in [1.165, 1.54) is 4.90 Å². The largest absolute Gasteiger partial charge is 0.494 e. The van der Waals surface area contributed by atoms with Gasteiger partial charge in [0.05, 0.1) is 28.8 Å². The highest BCUT2D eigenvalue weighted by atomic mass is 32.1. The fourth-order valence-electron chi connectivity index (χ4n) is 9.99. The maximum atomic E-state index is 14.0. The number of H-pyrrole nitrogens is 1. The monoisotopic (exact) mass is 1080 g/mol. The van der Waals surface area contributed by atoms with Gasteiger partial charge in [0.1, 0.15) is 24.4 Å². The normalized spacial score (nSPS) is 16.2. The molecule has 0 aliphatic carbocycles. The van der Waals surface area contributed by atoms with Crippen LogP contribution in [0.25, 0.3) is 21.6 Å². The van der Waals surface area contributed by atoms with Crippen molar-refractivity contribution in [1.82, 2.24) is 30.8 Å². The van der Waals surface area contributed by atoms with Crippen LogP contribution in [0.1, 0.15) is 104 Å². The number of ether oxygens (including phenoxy) is 4. The van der Waals surface area contributed by atoms with E-state index in [0.717, 1.165) is 74.7 Å². The zero-order valence-electron chi connectivity index (χ0n) is 45.9. The van der Waals surface area contributed by atoms with Crippen molar-refractivity contribution in [1.29, 1.82) is 0 Å². The van der Waals surface area contributed by atoms with Crippen LogP contribution in [0.5, 0.6) is 5.75 Å². The number of aliphatic hydroxyl groups excluding tert-OH is 1. The molecule has 0 radical (unpaired) electrons. The summed E-state index contributed by atoms with van der Waals surface area (Å²) in [6.07, 6.45) is 2.23. The molecule has 0 spiro atoms. The Morgan fingerprint density at radius 2 is 1.57 bits per heavy atom. The molecule has 2 aliphatic rings. The number of likely N-dealkylation sites (tertiary alicyclic amines) is 1. The Kier molecular flexibility index (Phi) is 20.6. The van der Waals surface area contributed by atoms with Gasteiger partial charge < -0.3 is 54.8 Å². The molecule has 0 saturated carbocycles. The van der Waals surface area contributed by atoms with Crippen molar-refractivity contribution in [3.05, 3.63) is 122 Å². The molecule has 4 amide bonds. The summed E-state index contributed by atoms with van der Waals surface area (Å²) in [6.45, 7) is 19.2. The number of hydrogen-bond donors (Lipinski definition) is 5. The van der Waals surface area contributed by atoms with Crippen LogP contribution < -0.4 is 31.1 Å². The van der Waals surface area contributed by atoms with E-state index >= 15 is 0 Å². The molecule has 2 fully saturated rings. The van der Waals surface area contributed by atoms with Gasteiger partial charge in [-0.2, -0.15) is 0 Å². The van der Waals surface area contributed by atoms with Crippen molar-refractivity contribution < 1.29 is 43.2 Å². The lowest BCUT2D eigenvalue weighted by molar-refractivity contribution is -0.144. The van der Waals surface area contributed by atoms with E-state index in [9.17, 15) is 29.1 Å². The predicted octanol–water partition coefficient (Wildman–Crippen LogP) is 7.34. The maximum Gasteiger partial charge on any atom is 0.253 e. The van der Waals surface area contributed by atoms with Gasteiger partial charge in [-0.15, -0.1) is 11.3 Å². The van der Waals surface area contributed by atoms with E-state index in [2.05, 4.69) is 43.8 Å². The second-order valence-corrected chi connectivity index (χ2v) is 22.0. The summed E-state index contributed by atoms with van der Waals surface area (Å²) in [5.74, 6) is -0.815. The number of aromatic nitrogens is 2. The summed E-state index contributed by atoms with van der Waals surface area (Å²) in [5.41, 5.74) is 10.2. The zero-order valence-corrected chi connectivity index (χ0v) is 46.7. The molecule has 17 nitrogen and oxygen atoms in total. The van der Waals surface area contributed by atoms with Crippen LogP contribution in [0.4, 0.5) is 5.69 Å². The number of aliphatic hydroxyl groups is 1. The van der Waals surface area contributed by atoms with Crippen molar-refractivity contribution in [2.75, 3.05) is 64.2 Å². The average molecular weight is 1080 g/mol. The Balaban J connectivity index is 0.832. The number of amides is 4. The lowest BCUT2D eigenvalue weighted by Gasteiger charge is -2.37. The number of nitrogens with zero attached hydrogens (tertiary/aromatic N) is 3. The first-order chi connectivity index (χ1) is 36.9. The number of carbonyl (C=O) groups is 4. The molecule has 2 aromatic heterocycles. The minimum Gasteiger partial charge on any atom is -0.494 e. The number of rotatable bonds is 24. The Labute approximate surface area is 456 Å². The van der Waals surface area contributed by atoms with Gasteiger partial charge in [0.2, 0.25) is 17.7 Å². The van der Waals surface area contributed by atoms with Crippen LogP contribution in [0, 0.1) is 33.1 Å². The number of aromatic amines is 1. The molecule has 2 aliphatic heterocycles. The van der Waals surface area contributed by atoms with Gasteiger partial charge in [-0.1, -0.05) is 57.2 Å². The van der Waals surface area contributed by atoms with Gasteiger partial charge in [-0.3, -0.25) is 24.0 Å².